The lowest BCUT2D eigenvalue weighted by atomic mass is 9.60. The van der Waals surface area contributed by atoms with Crippen molar-refractivity contribution >= 4 is 48.8 Å². The van der Waals surface area contributed by atoms with Crippen LogP contribution in [-0.4, -0.2) is 91.4 Å². The van der Waals surface area contributed by atoms with Crippen LogP contribution in [0, 0.1) is 35.1 Å². The molecule has 2 saturated heterocycles. The second-order valence-electron chi connectivity index (χ2n) is 17.9. The highest BCUT2D eigenvalue weighted by Gasteiger charge is 2.55. The molecule has 0 unspecified atom stereocenters. The Hall–Kier alpha value is -3.93. The fraction of sp³-hybridized carbons (Fsp3) is 0.490. The van der Waals surface area contributed by atoms with Crippen LogP contribution in [-0.2, 0) is 57.6 Å². The molecule has 10 nitrogen and oxygen atoms in total. The molecule has 364 valence electrons. The Bertz CT molecular complexity index is 2630. The summed E-state index contributed by atoms with van der Waals surface area (Å²) in [6.07, 6.45) is 2.57. The molecule has 18 heteroatoms. The summed E-state index contributed by atoms with van der Waals surface area (Å²) in [7, 11) is -5.51. The van der Waals surface area contributed by atoms with Gasteiger partial charge in [0.15, 0.2) is 33.0 Å². The molecule has 4 aliphatic heterocycles. The van der Waals surface area contributed by atoms with E-state index in [0.29, 0.717) is 55.2 Å². The topological polar surface area (TPSA) is 134 Å². The largest absolute Gasteiger partial charge is 0.490 e. The van der Waals surface area contributed by atoms with Crippen molar-refractivity contribution < 1.29 is 58.1 Å². The first-order valence-electron chi connectivity index (χ1n) is 22.5. The van der Waals surface area contributed by atoms with E-state index in [2.05, 4.69) is 5.32 Å². The number of unbranched alkanes of at least 4 members (excludes halogenated alkanes) is 1. The normalized spacial score (nSPS) is 24.3. The van der Waals surface area contributed by atoms with Crippen LogP contribution >= 0.6 is 23.2 Å². The van der Waals surface area contributed by atoms with Gasteiger partial charge in [-0.1, -0.05) is 60.8 Å². The van der Waals surface area contributed by atoms with Crippen molar-refractivity contribution in [2.45, 2.75) is 81.3 Å². The van der Waals surface area contributed by atoms with Gasteiger partial charge in [-0.05, 0) is 105 Å². The molecule has 0 bridgehead atoms. The summed E-state index contributed by atoms with van der Waals surface area (Å²) in [6, 6.07) is 18.9. The number of ether oxygens (including phenoxy) is 4. The number of hydrogen-bond donors (Lipinski definition) is 1. The summed E-state index contributed by atoms with van der Waals surface area (Å²) in [5.74, 6) is -4.50. The minimum absolute atomic E-state index is 0.00365. The Morgan fingerprint density at radius 2 is 1.06 bits per heavy atom. The van der Waals surface area contributed by atoms with E-state index in [-0.39, 0.29) is 72.0 Å². The quantitative estimate of drug-likeness (QED) is 0.116. The molecule has 0 saturated carbocycles. The maximum atomic E-state index is 15.3. The third kappa shape index (κ3) is 11.4. The SMILES string of the molecule is CCCCS(=O)(=O)CC[C@@H]1OCC[C@@]2(Cc3ccc(Cl)cc3)c3c(F)ccc(F)c3OC[C@@H]12.CNC(=O)CS(=O)(=O)CC[C@@H]1OCC[C@@]2(Cc3ccc(Cl)cc3)c3c(F)ccc(F)c3OC[C@@H]12. The second kappa shape index (κ2) is 21.4. The van der Waals surface area contributed by atoms with Gasteiger partial charge in [-0.25, -0.2) is 34.4 Å². The minimum Gasteiger partial charge on any atom is -0.490 e. The molecular weight excluding hydrogens is 958 g/mol. The molecule has 67 heavy (non-hydrogen) atoms. The highest BCUT2D eigenvalue weighted by Crippen LogP contribution is 2.54. The molecule has 4 aliphatic rings. The van der Waals surface area contributed by atoms with Crippen molar-refractivity contribution in [3.8, 4) is 11.5 Å². The second-order valence-corrected chi connectivity index (χ2v) is 23.2. The number of carbonyl (C=O) groups excluding carboxylic acids is 1. The molecule has 1 amide bonds. The van der Waals surface area contributed by atoms with Crippen LogP contribution in [0.5, 0.6) is 11.5 Å². The van der Waals surface area contributed by atoms with E-state index in [1.54, 1.807) is 24.3 Å². The third-order valence-electron chi connectivity index (χ3n) is 13.7. The number of halogens is 6. The first kappa shape index (κ1) is 50.9. The maximum absolute atomic E-state index is 15.3. The summed E-state index contributed by atoms with van der Waals surface area (Å²) in [5, 5.41) is 3.47. The number of benzene rings is 4. The molecular formula is C49H55Cl2F4NO9S2. The zero-order valence-electron chi connectivity index (χ0n) is 37.3. The molecule has 0 spiro atoms. The van der Waals surface area contributed by atoms with Crippen molar-refractivity contribution in [2.75, 3.05) is 56.5 Å². The fourth-order valence-electron chi connectivity index (χ4n) is 10.4. The lowest BCUT2D eigenvalue weighted by molar-refractivity contribution is -0.118. The van der Waals surface area contributed by atoms with Gasteiger partial charge in [0.2, 0.25) is 5.91 Å². The van der Waals surface area contributed by atoms with Crippen molar-refractivity contribution in [3.05, 3.63) is 128 Å². The first-order chi connectivity index (χ1) is 31.9. The smallest absolute Gasteiger partial charge is 0.234 e. The van der Waals surface area contributed by atoms with Gasteiger partial charge in [-0.3, -0.25) is 4.79 Å². The average molecular weight is 1010 g/mol. The van der Waals surface area contributed by atoms with Gasteiger partial charge in [-0.15, -0.1) is 0 Å². The number of fused-ring (bicyclic) bond motifs is 6. The van der Waals surface area contributed by atoms with Crippen molar-refractivity contribution in [2.24, 2.45) is 11.8 Å². The Morgan fingerprint density at radius 1 is 0.642 bits per heavy atom. The van der Waals surface area contributed by atoms with Gasteiger partial charge in [0.25, 0.3) is 0 Å². The molecule has 0 aliphatic carbocycles. The lowest BCUT2D eigenvalue weighted by Gasteiger charge is -2.51. The van der Waals surface area contributed by atoms with Crippen LogP contribution in [0.15, 0.2) is 72.8 Å². The van der Waals surface area contributed by atoms with Crippen molar-refractivity contribution in [1.29, 1.82) is 0 Å². The molecule has 6 atom stereocenters. The van der Waals surface area contributed by atoms with Crippen LogP contribution in [0.3, 0.4) is 0 Å². The summed E-state index contributed by atoms with van der Waals surface area (Å²) < 4.78 is 133. The van der Waals surface area contributed by atoms with Crippen LogP contribution in [0.2, 0.25) is 10.0 Å². The fourth-order valence-corrected chi connectivity index (χ4v) is 13.5. The van der Waals surface area contributed by atoms with E-state index in [0.717, 1.165) is 41.8 Å². The van der Waals surface area contributed by atoms with E-state index in [1.807, 2.05) is 31.2 Å². The maximum Gasteiger partial charge on any atom is 0.234 e. The van der Waals surface area contributed by atoms with Crippen molar-refractivity contribution in [1.82, 2.24) is 5.32 Å². The van der Waals surface area contributed by atoms with E-state index in [9.17, 15) is 30.4 Å². The molecule has 4 heterocycles. The molecule has 8 rings (SSSR count). The molecule has 0 radical (unpaired) electrons. The van der Waals surface area contributed by atoms with E-state index < -0.39 is 83.6 Å². The summed E-state index contributed by atoms with van der Waals surface area (Å²) >= 11 is 12.1. The van der Waals surface area contributed by atoms with Gasteiger partial charge in [0.1, 0.15) is 27.2 Å². The van der Waals surface area contributed by atoms with Gasteiger partial charge in [-0.2, -0.15) is 0 Å². The Kier molecular flexibility index (Phi) is 16.2. The summed E-state index contributed by atoms with van der Waals surface area (Å²) in [5.41, 5.74) is 0.595. The van der Waals surface area contributed by atoms with Gasteiger partial charge >= 0.3 is 0 Å². The number of nitrogens with one attached hydrogen (secondary N) is 1. The highest BCUT2D eigenvalue weighted by atomic mass is 35.5. The lowest BCUT2D eigenvalue weighted by Crippen LogP contribution is -2.55. The van der Waals surface area contributed by atoms with Crippen LogP contribution in [0.1, 0.15) is 67.7 Å². The Balaban J connectivity index is 0.000000199. The summed E-state index contributed by atoms with van der Waals surface area (Å²) in [6.45, 7) is 2.73. The van der Waals surface area contributed by atoms with Crippen LogP contribution < -0.4 is 14.8 Å². The number of carbonyl (C=O) groups is 1. The molecule has 4 aromatic carbocycles. The molecule has 1 N–H and O–H groups in total. The Labute approximate surface area is 399 Å². The van der Waals surface area contributed by atoms with E-state index in [1.165, 1.54) is 7.05 Å². The zero-order valence-corrected chi connectivity index (χ0v) is 40.5. The number of hydrogen-bond acceptors (Lipinski definition) is 9. The summed E-state index contributed by atoms with van der Waals surface area (Å²) in [4.78, 5) is 11.6. The third-order valence-corrected chi connectivity index (χ3v) is 17.6. The monoisotopic (exact) mass is 1010 g/mol. The van der Waals surface area contributed by atoms with Gasteiger partial charge < -0.3 is 24.3 Å². The predicted octanol–water partition coefficient (Wildman–Crippen LogP) is 8.95. The molecule has 0 aromatic heterocycles. The van der Waals surface area contributed by atoms with Crippen LogP contribution in [0.25, 0.3) is 0 Å². The van der Waals surface area contributed by atoms with E-state index >= 15 is 8.78 Å². The first-order valence-corrected chi connectivity index (χ1v) is 26.9. The van der Waals surface area contributed by atoms with E-state index in [4.69, 9.17) is 42.1 Å². The van der Waals surface area contributed by atoms with Crippen molar-refractivity contribution in [3.63, 3.8) is 0 Å². The molecule has 4 aromatic rings. The average Bonchev–Trinajstić information content (AvgIpc) is 3.30. The standard InChI is InChI=1S/C25H29ClF2O4S.C24H26ClF2NO5S/c1-2-3-13-33(29,30)14-10-22-19-16-32-24-21(28)9-8-20(27)23(24)25(19,11-12-31-22)15-17-4-6-18(26)7-5-17;1-28-21(29)14-34(30,31)11-8-20-17-13-33-23-19(27)7-6-18(26)22(23)24(17,9-10-32-20)12-15-2-4-16(25)5-3-15/h4-9,19,22H,2-3,10-16H2,1H3;2-7,17,20H,8-14H2,1H3,(H,28,29)/t19-,22-,25-;17-,20-,24-/m00/s1. The number of amides is 1. The van der Waals surface area contributed by atoms with Gasteiger partial charge in [0.05, 0.1) is 42.7 Å². The number of sulfone groups is 2. The van der Waals surface area contributed by atoms with Gasteiger partial charge in [0, 0.05) is 64.1 Å². The van der Waals surface area contributed by atoms with Crippen LogP contribution in [0.4, 0.5) is 17.6 Å². The highest BCUT2D eigenvalue weighted by molar-refractivity contribution is 7.92. The molecule has 2 fully saturated rings. The zero-order chi connectivity index (χ0) is 48.1. The minimum atomic E-state index is -3.67. The Morgan fingerprint density at radius 3 is 1.48 bits per heavy atom. The predicted molar refractivity (Wildman–Crippen MR) is 249 cm³/mol. The number of rotatable bonds is 15.